The minimum absolute atomic E-state index is 0.0139. The van der Waals surface area contributed by atoms with Gasteiger partial charge in [0.05, 0.1) is 25.1 Å². The number of nitrogens with zero attached hydrogens (tertiary/aromatic N) is 3. The summed E-state index contributed by atoms with van der Waals surface area (Å²) < 4.78 is 1.01. The van der Waals surface area contributed by atoms with Crippen molar-refractivity contribution in [2.75, 3.05) is 25.1 Å². The van der Waals surface area contributed by atoms with Crippen molar-refractivity contribution in [3.8, 4) is 0 Å². The summed E-state index contributed by atoms with van der Waals surface area (Å²) in [6, 6.07) is 10.0. The second-order valence-corrected chi connectivity index (χ2v) is 8.00. The van der Waals surface area contributed by atoms with Gasteiger partial charge in [-0.2, -0.15) is 0 Å². The summed E-state index contributed by atoms with van der Waals surface area (Å²) in [4.78, 5) is 21.3. The molecule has 1 fully saturated rings. The monoisotopic (exact) mass is 415 g/mol. The second kappa shape index (κ2) is 7.00. The molecule has 0 saturated carbocycles. The molecule has 4 rings (SSSR count). The number of aliphatic hydroxyl groups excluding tert-OH is 1. The molecule has 2 aliphatic rings. The van der Waals surface area contributed by atoms with E-state index in [1.54, 1.807) is 12.4 Å². The molecule has 5 nitrogen and oxygen atoms in total. The maximum Gasteiger partial charge on any atom is 0.227 e. The van der Waals surface area contributed by atoms with Crippen LogP contribution in [0.1, 0.15) is 23.6 Å². The van der Waals surface area contributed by atoms with Gasteiger partial charge < -0.3 is 14.9 Å². The number of likely N-dealkylation sites (N-methyl/N-ethyl adjacent to an activating group) is 1. The summed E-state index contributed by atoms with van der Waals surface area (Å²) in [5, 5.41) is 9.99. The van der Waals surface area contributed by atoms with Crippen molar-refractivity contribution in [3.05, 3.63) is 58.3 Å². The number of benzene rings is 1. The molecule has 1 aromatic heterocycles. The Morgan fingerprint density at radius 2 is 2.23 bits per heavy atom. The average Bonchev–Trinajstić information content (AvgIpc) is 3.08. The fraction of sp³-hybridized carbons (Fsp3) is 0.400. The largest absolute Gasteiger partial charge is 0.394 e. The Morgan fingerprint density at radius 3 is 2.96 bits per heavy atom. The van der Waals surface area contributed by atoms with Gasteiger partial charge in [-0.25, -0.2) is 0 Å². The van der Waals surface area contributed by atoms with E-state index < -0.39 is 0 Å². The molecule has 0 spiro atoms. The number of amides is 1. The van der Waals surface area contributed by atoms with Crippen LogP contribution in [0.25, 0.3) is 0 Å². The predicted molar refractivity (Wildman–Crippen MR) is 104 cm³/mol. The fourth-order valence-corrected chi connectivity index (χ4v) is 4.86. The number of aromatic nitrogens is 1. The highest BCUT2D eigenvalue weighted by Gasteiger charge is 2.47. The lowest BCUT2D eigenvalue weighted by atomic mass is 9.82. The number of aliphatic hydroxyl groups is 1. The highest BCUT2D eigenvalue weighted by Crippen LogP contribution is 2.49. The molecule has 0 radical (unpaired) electrons. The van der Waals surface area contributed by atoms with Crippen molar-refractivity contribution < 1.29 is 9.90 Å². The number of carbonyl (C=O) groups excluding carboxylic acids is 1. The maximum absolute atomic E-state index is 13.1. The van der Waals surface area contributed by atoms with Crippen molar-refractivity contribution in [1.29, 1.82) is 0 Å². The normalized spacial score (nSPS) is 24.3. The molecule has 2 aliphatic heterocycles. The van der Waals surface area contributed by atoms with Gasteiger partial charge in [0.15, 0.2) is 0 Å². The third kappa shape index (κ3) is 2.91. The molecular formula is C20H22BrN3O2. The lowest BCUT2D eigenvalue weighted by Crippen LogP contribution is -2.48. The van der Waals surface area contributed by atoms with E-state index >= 15 is 0 Å². The van der Waals surface area contributed by atoms with Crippen LogP contribution in [-0.2, 0) is 11.2 Å². The molecule has 3 heterocycles. The van der Waals surface area contributed by atoms with Crippen LogP contribution in [0.2, 0.25) is 0 Å². The van der Waals surface area contributed by atoms with Gasteiger partial charge in [-0.05, 0) is 41.8 Å². The topological polar surface area (TPSA) is 56.7 Å². The Kier molecular flexibility index (Phi) is 4.71. The Bertz CT molecular complexity index is 814. The van der Waals surface area contributed by atoms with Gasteiger partial charge in [0, 0.05) is 42.1 Å². The van der Waals surface area contributed by atoms with E-state index in [1.807, 2.05) is 30.1 Å². The molecule has 1 amide bonds. The van der Waals surface area contributed by atoms with E-state index in [4.69, 9.17) is 0 Å². The summed E-state index contributed by atoms with van der Waals surface area (Å²) in [5.74, 6) is 0.363. The summed E-state index contributed by atoms with van der Waals surface area (Å²) >= 11 is 3.57. The summed E-state index contributed by atoms with van der Waals surface area (Å²) in [6.45, 7) is 0.822. The number of pyridine rings is 1. The van der Waals surface area contributed by atoms with E-state index in [2.05, 4.69) is 37.9 Å². The summed E-state index contributed by atoms with van der Waals surface area (Å²) in [5.41, 5.74) is 3.19. The van der Waals surface area contributed by atoms with Gasteiger partial charge in [-0.3, -0.25) is 9.78 Å². The molecule has 3 atom stereocenters. The first-order chi connectivity index (χ1) is 12.6. The predicted octanol–water partition coefficient (Wildman–Crippen LogP) is 2.79. The standard InChI is InChI=1S/C20H22BrN3O2/c1-23-17-5-4-14(21)10-16(17)20-15(18(23)12-25)6-8-24(20)19(26)9-13-3-2-7-22-11-13/h2-5,7,10-11,15,18,20,25H,6,8-9,12H2,1H3/t15-,18+,20-/m0/s1. The number of carbonyl (C=O) groups is 1. The number of halogens is 1. The zero-order chi connectivity index (χ0) is 18.3. The summed E-state index contributed by atoms with van der Waals surface area (Å²) in [6.07, 6.45) is 4.74. The lowest BCUT2D eigenvalue weighted by molar-refractivity contribution is -0.132. The van der Waals surface area contributed by atoms with Gasteiger partial charge >= 0.3 is 0 Å². The van der Waals surface area contributed by atoms with Crippen LogP contribution >= 0.6 is 15.9 Å². The van der Waals surface area contributed by atoms with Crippen LogP contribution in [-0.4, -0.2) is 47.1 Å². The number of hydrogen-bond acceptors (Lipinski definition) is 4. The molecule has 1 N–H and O–H groups in total. The molecular weight excluding hydrogens is 394 g/mol. The highest BCUT2D eigenvalue weighted by molar-refractivity contribution is 9.10. The van der Waals surface area contributed by atoms with Gasteiger partial charge in [0.2, 0.25) is 5.91 Å². The molecule has 1 saturated heterocycles. The van der Waals surface area contributed by atoms with E-state index in [-0.39, 0.29) is 30.5 Å². The second-order valence-electron chi connectivity index (χ2n) is 7.09. The van der Waals surface area contributed by atoms with Gasteiger partial charge in [0.25, 0.3) is 0 Å². The molecule has 26 heavy (non-hydrogen) atoms. The van der Waals surface area contributed by atoms with Crippen LogP contribution in [0.5, 0.6) is 0 Å². The summed E-state index contributed by atoms with van der Waals surface area (Å²) in [7, 11) is 2.03. The highest BCUT2D eigenvalue weighted by atomic mass is 79.9. The van der Waals surface area contributed by atoms with Crippen LogP contribution in [0.4, 0.5) is 5.69 Å². The van der Waals surface area contributed by atoms with Gasteiger partial charge in [0.1, 0.15) is 0 Å². The Morgan fingerprint density at radius 1 is 1.38 bits per heavy atom. The van der Waals surface area contributed by atoms with Crippen molar-refractivity contribution in [3.63, 3.8) is 0 Å². The van der Waals surface area contributed by atoms with E-state index in [0.717, 1.165) is 34.3 Å². The number of fused-ring (bicyclic) bond motifs is 3. The minimum Gasteiger partial charge on any atom is -0.394 e. The fourth-order valence-electron chi connectivity index (χ4n) is 4.48. The Labute approximate surface area is 161 Å². The van der Waals surface area contributed by atoms with Crippen LogP contribution in [0.15, 0.2) is 47.2 Å². The Hall–Kier alpha value is -1.92. The van der Waals surface area contributed by atoms with Crippen molar-refractivity contribution in [2.45, 2.75) is 24.9 Å². The maximum atomic E-state index is 13.1. The SMILES string of the molecule is CN1c2ccc(Br)cc2[C@@H]2[C@@H](CCN2C(=O)Cc2cccnc2)[C@H]1CO. The zero-order valence-corrected chi connectivity index (χ0v) is 16.3. The third-order valence-corrected chi connectivity index (χ3v) is 6.20. The Balaban J connectivity index is 1.69. The van der Waals surface area contributed by atoms with Gasteiger partial charge in [-0.1, -0.05) is 22.0 Å². The first-order valence-corrected chi connectivity index (χ1v) is 9.71. The third-order valence-electron chi connectivity index (χ3n) is 5.71. The van der Waals surface area contributed by atoms with Gasteiger partial charge in [-0.15, -0.1) is 0 Å². The lowest BCUT2D eigenvalue weighted by Gasteiger charge is -2.44. The van der Waals surface area contributed by atoms with Crippen molar-refractivity contribution in [1.82, 2.24) is 9.88 Å². The van der Waals surface area contributed by atoms with E-state index in [1.165, 1.54) is 0 Å². The zero-order valence-electron chi connectivity index (χ0n) is 14.7. The molecule has 136 valence electrons. The van der Waals surface area contributed by atoms with Crippen LogP contribution in [0, 0.1) is 5.92 Å². The van der Waals surface area contributed by atoms with Crippen molar-refractivity contribution >= 4 is 27.5 Å². The number of likely N-dealkylation sites (tertiary alicyclic amines) is 1. The molecule has 6 heteroatoms. The molecule has 2 aromatic rings. The number of hydrogen-bond donors (Lipinski definition) is 1. The van der Waals surface area contributed by atoms with E-state index in [9.17, 15) is 9.90 Å². The van der Waals surface area contributed by atoms with E-state index in [0.29, 0.717) is 6.42 Å². The first-order valence-electron chi connectivity index (χ1n) is 8.91. The number of rotatable bonds is 3. The minimum atomic E-state index is 0.0139. The number of anilines is 1. The molecule has 0 aliphatic carbocycles. The smallest absolute Gasteiger partial charge is 0.227 e. The van der Waals surface area contributed by atoms with Crippen LogP contribution < -0.4 is 4.90 Å². The quantitative estimate of drug-likeness (QED) is 0.836. The molecule has 0 bridgehead atoms. The van der Waals surface area contributed by atoms with Crippen LogP contribution in [0.3, 0.4) is 0 Å². The molecule has 1 aromatic carbocycles. The molecule has 0 unspecified atom stereocenters. The first kappa shape index (κ1) is 17.5. The van der Waals surface area contributed by atoms with Crippen molar-refractivity contribution in [2.24, 2.45) is 5.92 Å². The average molecular weight is 416 g/mol.